The summed E-state index contributed by atoms with van der Waals surface area (Å²) in [5.74, 6) is 0.874. The van der Waals surface area contributed by atoms with E-state index >= 15 is 0 Å². The number of carbonyl (C=O) groups is 1. The summed E-state index contributed by atoms with van der Waals surface area (Å²) in [7, 11) is 0. The van der Waals surface area contributed by atoms with Crippen molar-refractivity contribution in [1.29, 1.82) is 0 Å². The number of rotatable bonds is 0. The van der Waals surface area contributed by atoms with Crippen molar-refractivity contribution in [3.63, 3.8) is 0 Å². The van der Waals surface area contributed by atoms with Gasteiger partial charge in [-0.3, -0.25) is 4.79 Å². The molecule has 1 spiro atoms. The maximum atomic E-state index is 12.8. The van der Waals surface area contributed by atoms with Crippen molar-refractivity contribution in [1.82, 2.24) is 0 Å². The zero-order valence-corrected chi connectivity index (χ0v) is 13.2. The van der Waals surface area contributed by atoms with Crippen LogP contribution in [0.1, 0.15) is 23.1 Å². The predicted molar refractivity (Wildman–Crippen MR) is 95.1 cm³/mol. The van der Waals surface area contributed by atoms with Gasteiger partial charge in [0.05, 0.1) is 0 Å². The van der Waals surface area contributed by atoms with Crippen LogP contribution in [0.3, 0.4) is 0 Å². The molecule has 116 valence electrons. The van der Waals surface area contributed by atoms with E-state index in [9.17, 15) is 4.79 Å². The van der Waals surface area contributed by atoms with Gasteiger partial charge in [-0.1, -0.05) is 60.7 Å². The molecule has 1 unspecified atom stereocenters. The average Bonchev–Trinajstić information content (AvgIpc) is 2.65. The first-order valence-electron chi connectivity index (χ1n) is 8.30. The molecule has 0 N–H and O–H groups in total. The van der Waals surface area contributed by atoms with Gasteiger partial charge in [0.15, 0.2) is 5.60 Å². The van der Waals surface area contributed by atoms with Crippen molar-refractivity contribution < 1.29 is 9.53 Å². The fourth-order valence-electron chi connectivity index (χ4n) is 4.02. The van der Waals surface area contributed by atoms with Crippen molar-refractivity contribution in [2.75, 3.05) is 0 Å². The third-order valence-electron chi connectivity index (χ3n) is 5.22. The van der Waals surface area contributed by atoms with Crippen LogP contribution < -0.4 is 4.74 Å². The first kappa shape index (κ1) is 13.6. The Bertz CT molecular complexity index is 1020. The summed E-state index contributed by atoms with van der Waals surface area (Å²) in [6, 6.07) is 20.5. The number of ketones is 1. The Morgan fingerprint density at radius 3 is 2.67 bits per heavy atom. The smallest absolute Gasteiger partial charge is 0.203 e. The van der Waals surface area contributed by atoms with E-state index in [1.54, 1.807) is 6.08 Å². The zero-order valence-electron chi connectivity index (χ0n) is 13.2. The van der Waals surface area contributed by atoms with Crippen molar-refractivity contribution >= 4 is 22.6 Å². The van der Waals surface area contributed by atoms with Crippen LogP contribution >= 0.6 is 0 Å². The number of hydrogen-bond acceptors (Lipinski definition) is 2. The van der Waals surface area contributed by atoms with Crippen molar-refractivity contribution in [3.8, 4) is 5.75 Å². The topological polar surface area (TPSA) is 26.3 Å². The molecule has 24 heavy (non-hydrogen) atoms. The highest BCUT2D eigenvalue weighted by Crippen LogP contribution is 2.45. The summed E-state index contributed by atoms with van der Waals surface area (Å²) in [5.41, 5.74) is 2.39. The summed E-state index contributed by atoms with van der Waals surface area (Å²) in [6.45, 7) is 0. The van der Waals surface area contributed by atoms with Crippen LogP contribution in [0.2, 0.25) is 0 Å². The number of benzene rings is 3. The monoisotopic (exact) mass is 312 g/mol. The largest absolute Gasteiger partial charge is 0.474 e. The molecule has 0 saturated carbocycles. The fraction of sp³-hybridized carbons (Fsp3) is 0.136. The molecule has 0 radical (unpaired) electrons. The second-order valence-corrected chi connectivity index (χ2v) is 6.48. The molecule has 0 bridgehead atoms. The maximum Gasteiger partial charge on any atom is 0.203 e. The molecule has 2 nitrogen and oxygen atoms in total. The molecule has 2 heteroatoms. The van der Waals surface area contributed by atoms with Gasteiger partial charge in [0.1, 0.15) is 5.75 Å². The minimum atomic E-state index is -0.874. The van der Waals surface area contributed by atoms with Gasteiger partial charge in [0.2, 0.25) is 5.78 Å². The second-order valence-electron chi connectivity index (χ2n) is 6.48. The van der Waals surface area contributed by atoms with Gasteiger partial charge in [-0.25, -0.2) is 0 Å². The Hall–Kier alpha value is -2.87. The summed E-state index contributed by atoms with van der Waals surface area (Å²) >= 11 is 0. The van der Waals surface area contributed by atoms with Crippen molar-refractivity contribution in [2.45, 2.75) is 18.4 Å². The minimum Gasteiger partial charge on any atom is -0.474 e. The molecule has 1 atom stereocenters. The van der Waals surface area contributed by atoms with E-state index in [1.807, 2.05) is 42.5 Å². The van der Waals surface area contributed by atoms with Gasteiger partial charge in [0.25, 0.3) is 0 Å². The SMILES string of the molecule is O=C1C=Cc2ccccc2C12CCc1c(ccc3ccccc13)O2. The minimum absolute atomic E-state index is 0.0417. The molecule has 2 aliphatic rings. The first-order valence-corrected chi connectivity index (χ1v) is 8.30. The standard InChI is InChI=1S/C22H16O2/c23-21-12-10-16-6-2-4-8-19(16)22(21)14-13-18-17-7-3-1-5-15(17)9-11-20(18)24-22/h1-12H,13-14H2. The van der Waals surface area contributed by atoms with Crippen LogP contribution in [0.15, 0.2) is 66.7 Å². The van der Waals surface area contributed by atoms with Gasteiger partial charge in [0, 0.05) is 17.5 Å². The third kappa shape index (κ3) is 1.74. The molecular weight excluding hydrogens is 296 g/mol. The van der Waals surface area contributed by atoms with Crippen LogP contribution in [0.25, 0.3) is 16.8 Å². The lowest BCUT2D eigenvalue weighted by Crippen LogP contribution is -2.45. The van der Waals surface area contributed by atoms with Crippen molar-refractivity contribution in [2.24, 2.45) is 0 Å². The summed E-state index contributed by atoms with van der Waals surface area (Å²) < 4.78 is 6.41. The number of fused-ring (bicyclic) bond motifs is 5. The highest BCUT2D eigenvalue weighted by atomic mass is 16.5. The van der Waals surface area contributed by atoms with E-state index in [1.165, 1.54) is 16.3 Å². The highest BCUT2D eigenvalue weighted by molar-refractivity contribution is 6.04. The molecule has 1 aliphatic carbocycles. The lowest BCUT2D eigenvalue weighted by molar-refractivity contribution is -0.132. The van der Waals surface area contributed by atoms with E-state index in [-0.39, 0.29) is 5.78 Å². The number of hydrogen-bond donors (Lipinski definition) is 0. The van der Waals surface area contributed by atoms with Gasteiger partial charge in [-0.15, -0.1) is 0 Å². The second kappa shape index (κ2) is 4.81. The van der Waals surface area contributed by atoms with Gasteiger partial charge in [-0.05, 0) is 34.9 Å². The molecule has 5 rings (SSSR count). The van der Waals surface area contributed by atoms with Crippen LogP contribution in [0, 0.1) is 0 Å². The molecule has 3 aromatic carbocycles. The Morgan fingerprint density at radius 1 is 0.875 bits per heavy atom. The Morgan fingerprint density at radius 2 is 1.71 bits per heavy atom. The molecule has 0 amide bonds. The normalized spacial score (nSPS) is 21.4. The van der Waals surface area contributed by atoms with Crippen LogP contribution in [-0.4, -0.2) is 5.78 Å². The van der Waals surface area contributed by atoms with Gasteiger partial charge in [-0.2, -0.15) is 0 Å². The molecule has 0 fully saturated rings. The molecule has 1 heterocycles. The molecule has 1 aliphatic heterocycles. The average molecular weight is 312 g/mol. The van der Waals surface area contributed by atoms with E-state index in [0.717, 1.165) is 23.3 Å². The Labute approximate surface area is 140 Å². The molecule has 0 aromatic heterocycles. The lowest BCUT2D eigenvalue weighted by atomic mass is 9.76. The number of aryl methyl sites for hydroxylation is 1. The summed E-state index contributed by atoms with van der Waals surface area (Å²) in [4.78, 5) is 12.8. The van der Waals surface area contributed by atoms with E-state index in [2.05, 4.69) is 24.3 Å². The first-order chi connectivity index (χ1) is 11.8. The van der Waals surface area contributed by atoms with E-state index in [0.29, 0.717) is 6.42 Å². The lowest BCUT2D eigenvalue weighted by Gasteiger charge is -2.39. The molecule has 0 saturated heterocycles. The number of ether oxygens (including phenoxy) is 1. The third-order valence-corrected chi connectivity index (χ3v) is 5.22. The quantitative estimate of drug-likeness (QED) is 0.603. The van der Waals surface area contributed by atoms with Crippen LogP contribution in [-0.2, 0) is 16.8 Å². The van der Waals surface area contributed by atoms with Crippen LogP contribution in [0.5, 0.6) is 5.75 Å². The number of carbonyl (C=O) groups excluding carboxylic acids is 1. The predicted octanol–water partition coefficient (Wildman–Crippen LogP) is 4.66. The molecule has 3 aromatic rings. The van der Waals surface area contributed by atoms with E-state index < -0.39 is 5.60 Å². The zero-order chi connectivity index (χ0) is 16.1. The molecular formula is C22H16O2. The van der Waals surface area contributed by atoms with Gasteiger partial charge >= 0.3 is 0 Å². The van der Waals surface area contributed by atoms with Crippen molar-refractivity contribution in [3.05, 3.63) is 83.4 Å². The Kier molecular flexibility index (Phi) is 2.72. The highest BCUT2D eigenvalue weighted by Gasteiger charge is 2.46. The maximum absolute atomic E-state index is 12.8. The summed E-state index contributed by atoms with van der Waals surface area (Å²) in [6.07, 6.45) is 5.06. The van der Waals surface area contributed by atoms with Gasteiger partial charge < -0.3 is 4.74 Å². The van der Waals surface area contributed by atoms with Crippen LogP contribution in [0.4, 0.5) is 0 Å². The fourth-order valence-corrected chi connectivity index (χ4v) is 4.02. The van der Waals surface area contributed by atoms with E-state index in [4.69, 9.17) is 4.74 Å². The Balaban J connectivity index is 1.70. The summed E-state index contributed by atoms with van der Waals surface area (Å²) in [5, 5.41) is 2.43.